The van der Waals surface area contributed by atoms with Crippen LogP contribution in [0.3, 0.4) is 0 Å². The van der Waals surface area contributed by atoms with Crippen LogP contribution < -0.4 is 0 Å². The van der Waals surface area contributed by atoms with Gasteiger partial charge < -0.3 is 14.4 Å². The summed E-state index contributed by atoms with van der Waals surface area (Å²) in [5.74, 6) is -2.97. The van der Waals surface area contributed by atoms with Crippen LogP contribution in [0.1, 0.15) is 19.3 Å². The molecule has 1 amide bonds. The van der Waals surface area contributed by atoms with Crippen LogP contribution in [0.5, 0.6) is 0 Å². The number of carbonyl (C=O) groups excluding carboxylic acids is 1. The average Bonchev–Trinajstić information content (AvgIpc) is 2.80. The number of methoxy groups -OCH3 is 1. The third-order valence-electron chi connectivity index (χ3n) is 5.15. The second kappa shape index (κ2) is 7.06. The molecule has 0 saturated carbocycles. The molecule has 0 aromatic rings. The lowest BCUT2D eigenvalue weighted by molar-refractivity contribution is -0.154. The molecule has 1 atom stereocenters. The zero-order chi connectivity index (χ0) is 17.2. The molecule has 136 valence electrons. The van der Waals surface area contributed by atoms with E-state index in [-0.39, 0.29) is 18.9 Å². The Morgan fingerprint density at radius 1 is 1.38 bits per heavy atom. The molecule has 3 heterocycles. The van der Waals surface area contributed by atoms with Crippen molar-refractivity contribution in [3.8, 4) is 0 Å². The van der Waals surface area contributed by atoms with Gasteiger partial charge in [0.25, 0.3) is 5.92 Å². The fourth-order valence-electron chi connectivity index (χ4n) is 4.15. The first-order valence-corrected chi connectivity index (χ1v) is 8.58. The second-order valence-corrected chi connectivity index (χ2v) is 7.20. The summed E-state index contributed by atoms with van der Waals surface area (Å²) in [5.41, 5.74) is 0.0850. The molecule has 1 unspecified atom stereocenters. The van der Waals surface area contributed by atoms with E-state index in [1.165, 1.54) is 0 Å². The fourth-order valence-corrected chi connectivity index (χ4v) is 4.15. The lowest BCUT2D eigenvalue weighted by atomic mass is 9.77. The van der Waals surface area contributed by atoms with Crippen LogP contribution in [0.4, 0.5) is 8.78 Å². The van der Waals surface area contributed by atoms with Crippen molar-refractivity contribution in [2.24, 2.45) is 5.41 Å². The summed E-state index contributed by atoms with van der Waals surface area (Å²) in [6, 6.07) is 0. The molecule has 1 spiro atoms. The van der Waals surface area contributed by atoms with Crippen LogP contribution in [0.15, 0.2) is 11.6 Å². The normalized spacial score (nSPS) is 30.9. The lowest BCUT2D eigenvalue weighted by Crippen LogP contribution is -2.56. The number of carbonyl (C=O) groups is 1. The third-order valence-corrected chi connectivity index (χ3v) is 5.15. The van der Waals surface area contributed by atoms with Gasteiger partial charge in [-0.15, -0.1) is 0 Å². The number of nitrogens with zero attached hydrogens (tertiary/aromatic N) is 2. The molecule has 7 heteroatoms. The topological polar surface area (TPSA) is 42.0 Å². The summed E-state index contributed by atoms with van der Waals surface area (Å²) >= 11 is 0. The maximum Gasteiger partial charge on any atom is 0.261 e. The molecule has 2 saturated heterocycles. The van der Waals surface area contributed by atoms with Crippen molar-refractivity contribution in [2.45, 2.75) is 25.2 Å². The Morgan fingerprint density at radius 3 is 2.92 bits per heavy atom. The minimum absolute atomic E-state index is 0.141. The Labute approximate surface area is 141 Å². The number of halogens is 2. The molecule has 0 aromatic carbocycles. The van der Waals surface area contributed by atoms with E-state index in [9.17, 15) is 13.6 Å². The van der Waals surface area contributed by atoms with Crippen LogP contribution in [0.2, 0.25) is 0 Å². The Balaban J connectivity index is 1.71. The van der Waals surface area contributed by atoms with E-state index in [1.54, 1.807) is 16.9 Å². The van der Waals surface area contributed by atoms with Gasteiger partial charge in [-0.1, -0.05) is 6.08 Å². The van der Waals surface area contributed by atoms with E-state index in [1.807, 2.05) is 0 Å². The summed E-state index contributed by atoms with van der Waals surface area (Å²) < 4.78 is 39.2. The smallest absolute Gasteiger partial charge is 0.261 e. The van der Waals surface area contributed by atoms with E-state index in [2.05, 4.69) is 6.08 Å². The largest absolute Gasteiger partial charge is 0.383 e. The van der Waals surface area contributed by atoms with E-state index in [0.717, 1.165) is 12.0 Å². The van der Waals surface area contributed by atoms with Gasteiger partial charge in [-0.25, -0.2) is 8.78 Å². The minimum Gasteiger partial charge on any atom is -0.383 e. The highest BCUT2D eigenvalue weighted by molar-refractivity contribution is 5.85. The molecular formula is C17H26F2N2O3. The maximum atomic E-state index is 14.4. The molecular weight excluding hydrogens is 318 g/mol. The van der Waals surface area contributed by atoms with E-state index >= 15 is 0 Å². The van der Waals surface area contributed by atoms with Crippen molar-refractivity contribution in [3.63, 3.8) is 0 Å². The summed E-state index contributed by atoms with van der Waals surface area (Å²) in [5, 5.41) is 0. The Hall–Kier alpha value is -1.05. The molecule has 0 bridgehead atoms. The average molecular weight is 344 g/mol. The highest BCUT2D eigenvalue weighted by atomic mass is 19.3. The second-order valence-electron chi connectivity index (χ2n) is 7.20. The summed E-state index contributed by atoms with van der Waals surface area (Å²) in [6.07, 6.45) is 3.06. The maximum absolute atomic E-state index is 14.4. The molecule has 3 aliphatic rings. The van der Waals surface area contributed by atoms with Crippen molar-refractivity contribution < 1.29 is 23.0 Å². The number of hydrogen-bond donors (Lipinski definition) is 0. The van der Waals surface area contributed by atoms with E-state index in [0.29, 0.717) is 52.4 Å². The van der Waals surface area contributed by atoms with Crippen molar-refractivity contribution in [2.75, 3.05) is 59.7 Å². The molecule has 2 fully saturated rings. The number of ether oxygens (including phenoxy) is 2. The van der Waals surface area contributed by atoms with Crippen LogP contribution in [-0.4, -0.2) is 81.3 Å². The first kappa shape index (κ1) is 17.8. The number of likely N-dealkylation sites (tertiary alicyclic amines) is 2. The highest BCUT2D eigenvalue weighted by Crippen LogP contribution is 2.45. The molecule has 3 aliphatic heterocycles. The van der Waals surface area contributed by atoms with Crippen LogP contribution >= 0.6 is 0 Å². The Morgan fingerprint density at radius 2 is 2.21 bits per heavy atom. The Bertz CT molecular complexity index is 512. The van der Waals surface area contributed by atoms with Gasteiger partial charge in [0, 0.05) is 39.7 Å². The predicted octanol–water partition coefficient (Wildman–Crippen LogP) is 1.54. The van der Waals surface area contributed by atoms with Crippen molar-refractivity contribution in [3.05, 3.63) is 11.6 Å². The number of alkyl halides is 2. The standard InChI is InChI=1S/C17H26F2N2O3/c1-23-8-6-21-5-4-16(15(21)22)11-17(18,19)13-20(12-16)9-14-3-2-7-24-10-14/h3H,2,4-13H2,1H3. The van der Waals surface area contributed by atoms with Gasteiger partial charge in [-0.2, -0.15) is 0 Å². The Kier molecular flexibility index (Phi) is 5.22. The highest BCUT2D eigenvalue weighted by Gasteiger charge is 2.56. The monoisotopic (exact) mass is 344 g/mol. The molecule has 24 heavy (non-hydrogen) atoms. The molecule has 0 radical (unpaired) electrons. The van der Waals surface area contributed by atoms with Gasteiger partial charge in [0.05, 0.1) is 31.8 Å². The zero-order valence-corrected chi connectivity index (χ0v) is 14.2. The van der Waals surface area contributed by atoms with Crippen molar-refractivity contribution in [1.82, 2.24) is 9.80 Å². The van der Waals surface area contributed by atoms with Gasteiger partial charge >= 0.3 is 0 Å². The van der Waals surface area contributed by atoms with E-state index < -0.39 is 11.3 Å². The summed E-state index contributed by atoms with van der Waals surface area (Å²) in [6.45, 7) is 3.23. The van der Waals surface area contributed by atoms with Crippen molar-refractivity contribution >= 4 is 5.91 Å². The van der Waals surface area contributed by atoms with Gasteiger partial charge in [-0.05, 0) is 18.4 Å². The van der Waals surface area contributed by atoms with Gasteiger partial charge in [0.1, 0.15) is 0 Å². The summed E-state index contributed by atoms with van der Waals surface area (Å²) in [7, 11) is 1.58. The number of hydrogen-bond acceptors (Lipinski definition) is 4. The minimum atomic E-state index is -2.83. The van der Waals surface area contributed by atoms with Crippen molar-refractivity contribution in [1.29, 1.82) is 0 Å². The molecule has 0 N–H and O–H groups in total. The molecule has 0 aliphatic carbocycles. The lowest BCUT2D eigenvalue weighted by Gasteiger charge is -2.43. The molecule has 0 aromatic heterocycles. The van der Waals surface area contributed by atoms with Crippen LogP contribution in [-0.2, 0) is 14.3 Å². The predicted molar refractivity (Wildman–Crippen MR) is 85.0 cm³/mol. The third kappa shape index (κ3) is 3.78. The quantitative estimate of drug-likeness (QED) is 0.710. The summed E-state index contributed by atoms with van der Waals surface area (Å²) in [4.78, 5) is 16.2. The number of rotatable bonds is 5. The first-order valence-electron chi connectivity index (χ1n) is 8.58. The first-order chi connectivity index (χ1) is 11.4. The zero-order valence-electron chi connectivity index (χ0n) is 14.2. The van der Waals surface area contributed by atoms with E-state index in [4.69, 9.17) is 9.47 Å². The molecule has 5 nitrogen and oxygen atoms in total. The number of amides is 1. The van der Waals surface area contributed by atoms with Crippen LogP contribution in [0.25, 0.3) is 0 Å². The fraction of sp³-hybridized carbons (Fsp3) is 0.824. The van der Waals surface area contributed by atoms with Gasteiger partial charge in [-0.3, -0.25) is 9.69 Å². The SMILES string of the molecule is COCCN1CCC2(CN(CC3=CCCOC3)CC(F)(F)C2)C1=O. The number of piperidine rings is 1. The van der Waals surface area contributed by atoms with Crippen LogP contribution in [0, 0.1) is 5.41 Å². The van der Waals surface area contributed by atoms with Gasteiger partial charge in [0.2, 0.25) is 5.91 Å². The molecule has 3 rings (SSSR count). The van der Waals surface area contributed by atoms with Gasteiger partial charge in [0.15, 0.2) is 0 Å².